The Morgan fingerprint density at radius 3 is 2.02 bits per heavy atom. The fourth-order valence-electron chi connectivity index (χ4n) is 4.83. The molecule has 8 nitrogen and oxygen atoms in total. The van der Waals surface area contributed by atoms with E-state index in [-0.39, 0.29) is 34.2 Å². The Morgan fingerprint density at radius 2 is 1.38 bits per heavy atom. The second-order valence-electron chi connectivity index (χ2n) is 10.4. The van der Waals surface area contributed by atoms with Crippen LogP contribution in [-0.2, 0) is 12.8 Å². The Labute approximate surface area is 266 Å². The maximum Gasteiger partial charge on any atom is 0.416 e. The van der Waals surface area contributed by atoms with E-state index in [4.69, 9.17) is 9.15 Å². The number of nitro benzene ring substituents is 1. The van der Waals surface area contributed by atoms with E-state index in [1.807, 2.05) is 66.7 Å². The van der Waals surface area contributed by atoms with Crippen LogP contribution in [0.5, 0.6) is 5.75 Å². The van der Waals surface area contributed by atoms with Crippen LogP contribution >= 0.6 is 0 Å². The molecule has 0 aliphatic rings. The second-order valence-corrected chi connectivity index (χ2v) is 10.4. The number of ether oxygens (including phenoxy) is 1. The van der Waals surface area contributed by atoms with Gasteiger partial charge >= 0.3 is 6.18 Å². The topological polar surface area (TPSA) is 108 Å². The number of hydrogen-bond donors (Lipinski definition) is 1. The summed E-state index contributed by atoms with van der Waals surface area (Å²) in [4.78, 5) is 28.9. The number of nitro groups is 1. The summed E-state index contributed by atoms with van der Waals surface area (Å²) in [5.41, 5.74) is 1.93. The lowest BCUT2D eigenvalue weighted by Gasteiger charge is -2.09. The minimum absolute atomic E-state index is 0.0140. The maximum absolute atomic E-state index is 13.5. The second kappa shape index (κ2) is 13.0. The van der Waals surface area contributed by atoms with Gasteiger partial charge in [0, 0.05) is 17.3 Å². The van der Waals surface area contributed by atoms with Crippen molar-refractivity contribution in [2.75, 3.05) is 5.32 Å². The molecular weight excluding hydrogens is 611 g/mol. The maximum atomic E-state index is 13.5. The van der Waals surface area contributed by atoms with Gasteiger partial charge in [-0.25, -0.2) is 4.98 Å². The molecule has 1 heterocycles. The molecule has 11 heteroatoms. The molecular formula is C36H24F3N3O5. The molecule has 0 aliphatic carbocycles. The number of alkyl halides is 3. The van der Waals surface area contributed by atoms with E-state index in [1.54, 1.807) is 12.1 Å². The molecule has 0 bridgehead atoms. The SMILES string of the molecule is O=C(Nc1ccc(-c2ccc(OCc3ccccc3)cc2)cc1)c1nc(-c2ccc(C(F)(F)F)cc2)oc1-c1ccccc1[N+](=O)[O-]. The van der Waals surface area contributed by atoms with Crippen LogP contribution in [0.2, 0.25) is 0 Å². The minimum atomic E-state index is -4.55. The largest absolute Gasteiger partial charge is 0.489 e. The summed E-state index contributed by atoms with van der Waals surface area (Å²) in [6, 6.07) is 34.1. The van der Waals surface area contributed by atoms with Gasteiger partial charge in [-0.2, -0.15) is 13.2 Å². The number of aromatic nitrogens is 1. The fraction of sp³-hybridized carbons (Fsp3) is 0.0556. The highest BCUT2D eigenvalue weighted by Gasteiger charge is 2.31. The molecule has 0 saturated carbocycles. The molecule has 234 valence electrons. The minimum Gasteiger partial charge on any atom is -0.489 e. The summed E-state index contributed by atoms with van der Waals surface area (Å²) < 4.78 is 51.0. The van der Waals surface area contributed by atoms with E-state index >= 15 is 0 Å². The van der Waals surface area contributed by atoms with Crippen LogP contribution in [0.25, 0.3) is 33.9 Å². The van der Waals surface area contributed by atoms with Crippen LogP contribution in [0.15, 0.2) is 132 Å². The number of hydrogen-bond acceptors (Lipinski definition) is 6. The zero-order chi connectivity index (χ0) is 33.0. The molecule has 5 aromatic carbocycles. The molecule has 0 saturated heterocycles. The molecule has 1 amide bonds. The highest BCUT2D eigenvalue weighted by Crippen LogP contribution is 2.37. The van der Waals surface area contributed by atoms with Crippen LogP contribution in [0.3, 0.4) is 0 Å². The average Bonchev–Trinajstić information content (AvgIpc) is 3.54. The quantitative estimate of drug-likeness (QED) is 0.125. The molecule has 6 aromatic rings. The first-order valence-corrected chi connectivity index (χ1v) is 14.3. The van der Waals surface area contributed by atoms with Gasteiger partial charge in [-0.05, 0) is 71.3 Å². The highest BCUT2D eigenvalue weighted by atomic mass is 19.4. The number of carbonyl (C=O) groups is 1. The van der Waals surface area contributed by atoms with Gasteiger partial charge in [-0.3, -0.25) is 14.9 Å². The first-order chi connectivity index (χ1) is 22.7. The van der Waals surface area contributed by atoms with E-state index in [1.165, 1.54) is 24.3 Å². The van der Waals surface area contributed by atoms with E-state index in [0.29, 0.717) is 12.3 Å². The van der Waals surface area contributed by atoms with Crippen LogP contribution in [0.1, 0.15) is 21.6 Å². The van der Waals surface area contributed by atoms with Crippen LogP contribution < -0.4 is 10.1 Å². The molecule has 0 radical (unpaired) electrons. The zero-order valence-corrected chi connectivity index (χ0v) is 24.4. The lowest BCUT2D eigenvalue weighted by molar-refractivity contribution is -0.384. The number of para-hydroxylation sites is 1. The van der Waals surface area contributed by atoms with Gasteiger partial charge in [-0.15, -0.1) is 0 Å². The van der Waals surface area contributed by atoms with Crippen molar-refractivity contribution in [3.8, 4) is 39.7 Å². The molecule has 0 spiro atoms. The number of carbonyl (C=O) groups excluding carboxylic acids is 1. The Hall–Kier alpha value is -6.23. The number of nitrogens with one attached hydrogen (secondary N) is 1. The van der Waals surface area contributed by atoms with E-state index in [0.717, 1.165) is 46.7 Å². The van der Waals surface area contributed by atoms with Gasteiger partial charge in [-0.1, -0.05) is 66.7 Å². The standard InChI is InChI=1S/C36H24F3N3O5/c37-36(38,39)27-16-10-26(11-17-27)35-41-32(33(47-35)30-8-4-5-9-31(30)42(44)45)34(43)40-28-18-12-24(13-19-28)25-14-20-29(21-15-25)46-22-23-6-2-1-3-7-23/h1-21H,22H2,(H,40,43). The molecule has 0 aliphatic heterocycles. The number of nitrogens with zero attached hydrogens (tertiary/aromatic N) is 2. The van der Waals surface area contributed by atoms with E-state index in [2.05, 4.69) is 10.3 Å². The van der Waals surface area contributed by atoms with Crippen molar-refractivity contribution in [1.29, 1.82) is 0 Å². The van der Waals surface area contributed by atoms with Gasteiger partial charge in [0.1, 0.15) is 12.4 Å². The molecule has 47 heavy (non-hydrogen) atoms. The monoisotopic (exact) mass is 635 g/mol. The summed E-state index contributed by atoms with van der Waals surface area (Å²) in [7, 11) is 0. The third-order valence-corrected chi connectivity index (χ3v) is 7.23. The number of halogens is 3. The average molecular weight is 636 g/mol. The fourth-order valence-corrected chi connectivity index (χ4v) is 4.83. The number of anilines is 1. The van der Waals surface area contributed by atoms with Crippen molar-refractivity contribution in [3.63, 3.8) is 0 Å². The highest BCUT2D eigenvalue weighted by molar-refractivity contribution is 6.07. The molecule has 0 fully saturated rings. The first kappa shape index (κ1) is 30.8. The third-order valence-electron chi connectivity index (χ3n) is 7.23. The molecule has 0 unspecified atom stereocenters. The lowest BCUT2D eigenvalue weighted by atomic mass is 10.1. The van der Waals surface area contributed by atoms with Crippen molar-refractivity contribution < 1.29 is 32.0 Å². The smallest absolute Gasteiger partial charge is 0.416 e. The summed E-state index contributed by atoms with van der Waals surface area (Å²) in [6.45, 7) is 0.450. The Bertz CT molecular complexity index is 2020. The summed E-state index contributed by atoms with van der Waals surface area (Å²) in [5, 5.41) is 14.5. The molecule has 6 rings (SSSR count). The van der Waals surface area contributed by atoms with Crippen molar-refractivity contribution in [2.24, 2.45) is 0 Å². The zero-order valence-electron chi connectivity index (χ0n) is 24.4. The van der Waals surface area contributed by atoms with Crippen LogP contribution in [0.4, 0.5) is 24.5 Å². The predicted octanol–water partition coefficient (Wildman–Crippen LogP) is 9.43. The Balaban J connectivity index is 1.23. The van der Waals surface area contributed by atoms with Gasteiger partial charge in [0.25, 0.3) is 11.6 Å². The van der Waals surface area contributed by atoms with E-state index < -0.39 is 22.6 Å². The number of amides is 1. The number of rotatable bonds is 9. The van der Waals surface area contributed by atoms with Gasteiger partial charge < -0.3 is 14.5 Å². The summed E-state index contributed by atoms with van der Waals surface area (Å²) in [5.74, 6) is -0.383. The van der Waals surface area contributed by atoms with Crippen molar-refractivity contribution in [1.82, 2.24) is 4.98 Å². The third kappa shape index (κ3) is 7.04. The number of benzene rings is 5. The Morgan fingerprint density at radius 1 is 0.787 bits per heavy atom. The summed E-state index contributed by atoms with van der Waals surface area (Å²) in [6.07, 6.45) is -4.55. The molecule has 1 aromatic heterocycles. The molecule has 0 atom stereocenters. The Kier molecular flexibility index (Phi) is 8.52. The normalized spacial score (nSPS) is 11.2. The predicted molar refractivity (Wildman–Crippen MR) is 170 cm³/mol. The van der Waals surface area contributed by atoms with E-state index in [9.17, 15) is 28.1 Å². The van der Waals surface area contributed by atoms with Gasteiger partial charge in [0.05, 0.1) is 16.1 Å². The first-order valence-electron chi connectivity index (χ1n) is 14.3. The van der Waals surface area contributed by atoms with Gasteiger partial charge in [0.15, 0.2) is 11.5 Å². The van der Waals surface area contributed by atoms with Crippen LogP contribution in [-0.4, -0.2) is 15.8 Å². The van der Waals surface area contributed by atoms with Crippen LogP contribution in [0, 0.1) is 10.1 Å². The van der Waals surface area contributed by atoms with Crippen molar-refractivity contribution in [3.05, 3.63) is 154 Å². The van der Waals surface area contributed by atoms with Gasteiger partial charge in [0.2, 0.25) is 5.89 Å². The van der Waals surface area contributed by atoms with Crippen molar-refractivity contribution in [2.45, 2.75) is 12.8 Å². The number of oxazole rings is 1. The van der Waals surface area contributed by atoms with Crippen molar-refractivity contribution >= 4 is 17.3 Å². The lowest BCUT2D eigenvalue weighted by Crippen LogP contribution is -2.13. The molecule has 1 N–H and O–H groups in total. The summed E-state index contributed by atoms with van der Waals surface area (Å²) >= 11 is 0.